The van der Waals surface area contributed by atoms with Gasteiger partial charge in [-0.05, 0) is 23.8 Å². The molecule has 0 aromatic carbocycles. The smallest absolute Gasteiger partial charge is 0.298 e. The van der Waals surface area contributed by atoms with Crippen molar-refractivity contribution >= 4 is 35.6 Å². The Labute approximate surface area is 246 Å². The van der Waals surface area contributed by atoms with E-state index in [4.69, 9.17) is 33.4 Å². The predicted octanol–water partition coefficient (Wildman–Crippen LogP) is 5.28. The molecule has 0 spiro atoms. The molecule has 5 aromatic rings. The van der Waals surface area contributed by atoms with Gasteiger partial charge in [0, 0.05) is 36.0 Å². The molecule has 13 heteroatoms. The van der Waals surface area contributed by atoms with Crippen molar-refractivity contribution in [3.63, 3.8) is 0 Å². The number of hydrogen-bond donors (Lipinski definition) is 0. The molecule has 7 rings (SSSR count). The molecular formula is C29H19N3O8S2. The van der Waals surface area contributed by atoms with Crippen molar-refractivity contribution in [2.24, 2.45) is 0 Å². The molecule has 0 N–H and O–H groups in total. The monoisotopic (exact) mass is 601 g/mol. The quantitative estimate of drug-likeness (QED) is 0.216. The van der Waals surface area contributed by atoms with Crippen LogP contribution >= 0.6 is 22.7 Å². The first kappa shape index (κ1) is 25.9. The molecule has 2 aliphatic rings. The molecule has 0 atom stereocenters. The Balaban J connectivity index is 1.31. The highest BCUT2D eigenvalue weighted by atomic mass is 32.1. The molecule has 0 aliphatic carbocycles. The maximum atomic E-state index is 11.2. The number of rotatable bonds is 8. The van der Waals surface area contributed by atoms with Gasteiger partial charge in [0.1, 0.15) is 37.9 Å². The summed E-state index contributed by atoms with van der Waals surface area (Å²) in [5, 5.41) is 1.94. The van der Waals surface area contributed by atoms with Crippen LogP contribution < -0.4 is 28.4 Å². The lowest BCUT2D eigenvalue weighted by molar-refractivity contribution is -0.121. The molecule has 210 valence electrons. The summed E-state index contributed by atoms with van der Waals surface area (Å²) in [5.41, 5.74) is 2.61. The second-order valence-corrected chi connectivity index (χ2v) is 10.8. The van der Waals surface area contributed by atoms with Crippen LogP contribution in [0.5, 0.6) is 34.5 Å². The van der Waals surface area contributed by atoms with Crippen LogP contribution in [0.4, 0.5) is 0 Å². The van der Waals surface area contributed by atoms with Gasteiger partial charge < -0.3 is 28.4 Å². The van der Waals surface area contributed by atoms with Crippen molar-refractivity contribution in [2.75, 3.05) is 26.4 Å². The Kier molecular flexibility index (Phi) is 6.85. The lowest BCUT2D eigenvalue weighted by Crippen LogP contribution is -2.15. The van der Waals surface area contributed by atoms with Gasteiger partial charge in [0.15, 0.2) is 23.0 Å². The molecule has 2 aliphatic heterocycles. The van der Waals surface area contributed by atoms with Crippen LogP contribution in [0, 0.1) is 0 Å². The fourth-order valence-electron chi connectivity index (χ4n) is 4.59. The largest absolute Gasteiger partial charge is 0.485 e. The summed E-state index contributed by atoms with van der Waals surface area (Å²) in [7, 11) is 0. The van der Waals surface area contributed by atoms with E-state index in [-0.39, 0.29) is 5.75 Å². The van der Waals surface area contributed by atoms with E-state index in [0.29, 0.717) is 85.1 Å². The van der Waals surface area contributed by atoms with Crippen molar-refractivity contribution in [1.82, 2.24) is 15.0 Å². The Hall–Kier alpha value is -5.01. The molecule has 0 bridgehead atoms. The summed E-state index contributed by atoms with van der Waals surface area (Å²) in [4.78, 5) is 38.3. The topological polar surface area (TPSA) is 128 Å². The molecule has 0 amide bonds. The second kappa shape index (κ2) is 11.1. The number of fused-ring (bicyclic) bond motifs is 2. The Bertz CT molecular complexity index is 1820. The van der Waals surface area contributed by atoms with Gasteiger partial charge in [0.2, 0.25) is 0 Å². The van der Waals surface area contributed by atoms with E-state index in [0.717, 1.165) is 25.9 Å². The van der Waals surface area contributed by atoms with Crippen LogP contribution in [0.1, 0.15) is 0 Å². The predicted molar refractivity (Wildman–Crippen MR) is 153 cm³/mol. The SMILES string of the molecule is O=COc1ccnc(-c2cc(OC=O)cc(-c3cc(-c4sc(-c5scc6c5OCCO6)c5c4OCCO5)ccn3)n2)c1. The molecule has 11 nitrogen and oxygen atoms in total. The third kappa shape index (κ3) is 4.78. The van der Waals surface area contributed by atoms with E-state index < -0.39 is 0 Å². The highest BCUT2D eigenvalue weighted by Gasteiger charge is 2.31. The molecule has 0 radical (unpaired) electrons. The van der Waals surface area contributed by atoms with Gasteiger partial charge in [-0.1, -0.05) is 0 Å². The Morgan fingerprint density at radius 3 is 2.05 bits per heavy atom. The van der Waals surface area contributed by atoms with Gasteiger partial charge in [-0.2, -0.15) is 0 Å². The van der Waals surface area contributed by atoms with Crippen molar-refractivity contribution in [2.45, 2.75) is 0 Å². The number of hydrogen-bond acceptors (Lipinski definition) is 13. The van der Waals surface area contributed by atoms with Gasteiger partial charge in [-0.3, -0.25) is 19.6 Å². The zero-order chi connectivity index (χ0) is 28.5. The zero-order valence-corrected chi connectivity index (χ0v) is 23.2. The van der Waals surface area contributed by atoms with E-state index in [1.807, 2.05) is 17.5 Å². The van der Waals surface area contributed by atoms with Crippen molar-refractivity contribution in [1.29, 1.82) is 0 Å². The number of nitrogens with zero attached hydrogens (tertiary/aromatic N) is 3. The minimum Gasteiger partial charge on any atom is -0.485 e. The lowest BCUT2D eigenvalue weighted by atomic mass is 10.1. The van der Waals surface area contributed by atoms with Crippen LogP contribution in [0.25, 0.3) is 43.0 Å². The number of carbonyl (C=O) groups is 2. The van der Waals surface area contributed by atoms with Crippen molar-refractivity contribution in [3.05, 3.63) is 54.2 Å². The third-order valence-corrected chi connectivity index (χ3v) is 8.66. The van der Waals surface area contributed by atoms with Gasteiger partial charge in [0.05, 0.1) is 37.4 Å². The summed E-state index contributed by atoms with van der Waals surface area (Å²) < 4.78 is 34.0. The number of thiophene rings is 2. The second-order valence-electron chi connectivity index (χ2n) is 8.88. The summed E-state index contributed by atoms with van der Waals surface area (Å²) >= 11 is 3.07. The maximum Gasteiger partial charge on any atom is 0.298 e. The normalized spacial score (nSPS) is 13.3. The number of pyridine rings is 3. The van der Waals surface area contributed by atoms with E-state index in [1.54, 1.807) is 30.5 Å². The highest BCUT2D eigenvalue weighted by molar-refractivity contribution is 7.24. The third-order valence-electron chi connectivity index (χ3n) is 6.35. The lowest BCUT2D eigenvalue weighted by Gasteiger charge is -2.18. The van der Waals surface area contributed by atoms with Crippen LogP contribution in [0.3, 0.4) is 0 Å². The van der Waals surface area contributed by atoms with Crippen LogP contribution in [0.15, 0.2) is 54.2 Å². The van der Waals surface area contributed by atoms with Crippen molar-refractivity contribution < 1.29 is 38.0 Å². The molecule has 5 aromatic heterocycles. The average Bonchev–Trinajstić information content (AvgIpc) is 3.63. The molecule has 0 saturated carbocycles. The van der Waals surface area contributed by atoms with Gasteiger partial charge in [0.25, 0.3) is 12.9 Å². The summed E-state index contributed by atoms with van der Waals surface area (Å²) in [6.45, 7) is 2.52. The van der Waals surface area contributed by atoms with Gasteiger partial charge in [-0.25, -0.2) is 4.98 Å². The van der Waals surface area contributed by atoms with Gasteiger partial charge >= 0.3 is 0 Å². The maximum absolute atomic E-state index is 11.2. The summed E-state index contributed by atoms with van der Waals surface area (Å²) in [5.74, 6) is 3.31. The van der Waals surface area contributed by atoms with E-state index in [1.165, 1.54) is 28.9 Å². The summed E-state index contributed by atoms with van der Waals surface area (Å²) in [6.07, 6.45) is 3.17. The molecule has 0 saturated heterocycles. The van der Waals surface area contributed by atoms with E-state index >= 15 is 0 Å². The zero-order valence-electron chi connectivity index (χ0n) is 21.6. The first-order valence-electron chi connectivity index (χ1n) is 12.7. The first-order chi connectivity index (χ1) is 20.7. The standard InChI is InChI=1S/C29H19N3O8S2/c33-14-39-17-2-4-31-20(10-17)22-12-18(40-15-34)11-21(32-22)19-9-16(1-3-30-19)27-25-26(38-8-7-37-25)29(42-27)28-24-23(13-41-28)35-5-6-36-24/h1-4,9-15H,5-8H2. The minimum absolute atomic E-state index is 0.248. The van der Waals surface area contributed by atoms with Crippen LogP contribution in [0.2, 0.25) is 0 Å². The highest BCUT2D eigenvalue weighted by Crippen LogP contribution is 2.58. The van der Waals surface area contributed by atoms with Crippen LogP contribution in [-0.2, 0) is 9.59 Å². The fourth-order valence-corrected chi connectivity index (χ4v) is 6.85. The molecule has 7 heterocycles. The number of carbonyl (C=O) groups excluding carboxylic acids is 2. The molecular weight excluding hydrogens is 582 g/mol. The molecule has 42 heavy (non-hydrogen) atoms. The average molecular weight is 602 g/mol. The minimum atomic E-state index is 0.248. The molecule has 0 unspecified atom stereocenters. The number of aromatic nitrogens is 3. The van der Waals surface area contributed by atoms with Gasteiger partial charge in [-0.15, -0.1) is 22.7 Å². The van der Waals surface area contributed by atoms with E-state index in [2.05, 4.69) is 9.97 Å². The van der Waals surface area contributed by atoms with Crippen LogP contribution in [-0.4, -0.2) is 54.3 Å². The fraction of sp³-hybridized carbons (Fsp3) is 0.138. The Morgan fingerprint density at radius 2 is 1.29 bits per heavy atom. The number of ether oxygens (including phenoxy) is 6. The first-order valence-corrected chi connectivity index (χ1v) is 14.4. The van der Waals surface area contributed by atoms with Crippen molar-refractivity contribution in [3.8, 4) is 77.5 Å². The molecule has 0 fully saturated rings. The Morgan fingerprint density at radius 1 is 0.667 bits per heavy atom. The summed E-state index contributed by atoms with van der Waals surface area (Å²) in [6, 6.07) is 10.0. The van der Waals surface area contributed by atoms with E-state index in [9.17, 15) is 9.59 Å².